The van der Waals surface area contributed by atoms with Gasteiger partial charge in [0.2, 0.25) is 0 Å². The van der Waals surface area contributed by atoms with Crippen LogP contribution in [0.15, 0.2) is 24.3 Å². The lowest BCUT2D eigenvalue weighted by Gasteiger charge is -2.28. The molecule has 2 aromatic rings. The van der Waals surface area contributed by atoms with Crippen molar-refractivity contribution in [2.75, 3.05) is 0 Å². The number of rotatable bonds is 9. The molecule has 0 unspecified atom stereocenters. The highest BCUT2D eigenvalue weighted by Crippen LogP contribution is 2.51. The lowest BCUT2D eigenvalue weighted by Crippen LogP contribution is -2.10. The molecule has 4 fully saturated rings. The largest absolute Gasteiger partial charge is 0.507 e. The molecule has 212 valence electrons. The van der Waals surface area contributed by atoms with Crippen molar-refractivity contribution in [2.45, 2.75) is 159 Å². The number of unbranched alkanes of at least 4 members (excludes halogenated alkanes) is 1. The molecule has 6 rings (SSSR count). The Kier molecular flexibility index (Phi) is 8.57. The van der Waals surface area contributed by atoms with Gasteiger partial charge in [-0.2, -0.15) is 0 Å². The Hall–Kier alpha value is -1.96. The van der Waals surface area contributed by atoms with Crippen molar-refractivity contribution in [1.29, 1.82) is 0 Å². The van der Waals surface area contributed by atoms with Crippen LogP contribution in [0.2, 0.25) is 0 Å². The Labute approximate surface area is 237 Å². The third-order valence-electron chi connectivity index (χ3n) is 11.2. The highest BCUT2D eigenvalue weighted by molar-refractivity contribution is 5.56. The summed E-state index contributed by atoms with van der Waals surface area (Å²) in [6.07, 6.45) is 23.6. The molecule has 4 aliphatic carbocycles. The van der Waals surface area contributed by atoms with Crippen LogP contribution in [0.4, 0.5) is 0 Å². The molecule has 0 atom stereocenters. The van der Waals surface area contributed by atoms with Crippen LogP contribution in [0.5, 0.6) is 11.5 Å². The van der Waals surface area contributed by atoms with Gasteiger partial charge < -0.3 is 10.2 Å². The van der Waals surface area contributed by atoms with Crippen molar-refractivity contribution < 1.29 is 10.2 Å². The monoisotopic (exact) mass is 528 g/mol. The number of phenols is 2. The predicted octanol–water partition coefficient (Wildman–Crippen LogP) is 11.1. The second-order valence-electron chi connectivity index (χ2n) is 13.7. The molecular weight excluding hydrogens is 476 g/mol. The van der Waals surface area contributed by atoms with Gasteiger partial charge in [0.05, 0.1) is 0 Å². The van der Waals surface area contributed by atoms with Gasteiger partial charge >= 0.3 is 0 Å². The maximum atomic E-state index is 12.0. The molecule has 2 heteroatoms. The zero-order valence-electron chi connectivity index (χ0n) is 24.5. The first-order chi connectivity index (χ1) is 19.1. The first kappa shape index (κ1) is 27.2. The van der Waals surface area contributed by atoms with E-state index in [1.807, 2.05) is 0 Å². The highest BCUT2D eigenvalue weighted by Gasteiger charge is 2.32. The van der Waals surface area contributed by atoms with Gasteiger partial charge in [0.25, 0.3) is 0 Å². The summed E-state index contributed by atoms with van der Waals surface area (Å²) >= 11 is 0. The number of benzene rings is 2. The van der Waals surface area contributed by atoms with Gasteiger partial charge in [-0.1, -0.05) is 95.4 Å². The molecule has 4 aliphatic rings. The minimum Gasteiger partial charge on any atom is -0.507 e. The molecule has 2 nitrogen and oxygen atoms in total. The smallest absolute Gasteiger partial charge is 0.122 e. The fourth-order valence-corrected chi connectivity index (χ4v) is 8.91. The van der Waals surface area contributed by atoms with E-state index in [1.54, 1.807) is 0 Å². The molecule has 2 aromatic carbocycles. The van der Waals surface area contributed by atoms with Gasteiger partial charge in [-0.3, -0.25) is 0 Å². The first-order valence-electron chi connectivity index (χ1n) is 16.9. The van der Waals surface area contributed by atoms with E-state index in [0.29, 0.717) is 35.2 Å². The fourth-order valence-electron chi connectivity index (χ4n) is 8.91. The summed E-state index contributed by atoms with van der Waals surface area (Å²) in [6.45, 7) is 2.27. The molecule has 2 N–H and O–H groups in total. The molecule has 0 radical (unpaired) electrons. The zero-order valence-corrected chi connectivity index (χ0v) is 24.5. The maximum absolute atomic E-state index is 12.0. The minimum absolute atomic E-state index is 0.0629. The van der Waals surface area contributed by atoms with Crippen molar-refractivity contribution >= 4 is 0 Å². The number of aromatic hydroxyl groups is 2. The second kappa shape index (κ2) is 12.3. The standard InChI is InChI=1S/C37H52O2/c1-2-3-20-31(34-23-29(25-12-4-5-13-25)21-32(36(34)38)27-16-8-9-17-27)35-24-30(26-14-6-7-15-26)22-33(37(35)39)28-18-10-11-19-28/h21-28,31,38-39H,2-20H2,1H3. The van der Waals surface area contributed by atoms with Crippen LogP contribution in [0.3, 0.4) is 0 Å². The molecule has 0 aromatic heterocycles. The van der Waals surface area contributed by atoms with Crippen LogP contribution in [-0.4, -0.2) is 10.2 Å². The zero-order chi connectivity index (χ0) is 26.8. The topological polar surface area (TPSA) is 40.5 Å². The molecule has 39 heavy (non-hydrogen) atoms. The van der Waals surface area contributed by atoms with Crippen molar-refractivity contribution in [1.82, 2.24) is 0 Å². The van der Waals surface area contributed by atoms with Crippen LogP contribution in [-0.2, 0) is 0 Å². The van der Waals surface area contributed by atoms with Crippen molar-refractivity contribution in [2.24, 2.45) is 0 Å². The summed E-state index contributed by atoms with van der Waals surface area (Å²) < 4.78 is 0. The summed E-state index contributed by atoms with van der Waals surface area (Å²) in [7, 11) is 0. The molecular formula is C37H52O2. The number of hydrogen-bond acceptors (Lipinski definition) is 2. The summed E-state index contributed by atoms with van der Waals surface area (Å²) in [4.78, 5) is 0. The lowest BCUT2D eigenvalue weighted by molar-refractivity contribution is 0.434. The summed E-state index contributed by atoms with van der Waals surface area (Å²) in [5.41, 5.74) is 7.60. The van der Waals surface area contributed by atoms with Crippen LogP contribution >= 0.6 is 0 Å². The quantitative estimate of drug-likeness (QED) is 0.340. The Morgan fingerprint density at radius 1 is 0.564 bits per heavy atom. The Balaban J connectivity index is 1.50. The van der Waals surface area contributed by atoms with Gasteiger partial charge in [-0.15, -0.1) is 0 Å². The van der Waals surface area contributed by atoms with E-state index in [4.69, 9.17) is 0 Å². The van der Waals surface area contributed by atoms with Crippen LogP contribution in [0, 0.1) is 0 Å². The average molecular weight is 529 g/mol. The summed E-state index contributed by atoms with van der Waals surface area (Å²) in [6, 6.07) is 9.59. The highest BCUT2D eigenvalue weighted by atomic mass is 16.3. The van der Waals surface area contributed by atoms with Gasteiger partial charge in [-0.05, 0) is 104 Å². The van der Waals surface area contributed by atoms with Gasteiger partial charge in [0, 0.05) is 17.0 Å². The fraction of sp³-hybridized carbons (Fsp3) is 0.676. The lowest BCUT2D eigenvalue weighted by atomic mass is 9.78. The third kappa shape index (κ3) is 5.64. The van der Waals surface area contributed by atoms with E-state index in [9.17, 15) is 10.2 Å². The Morgan fingerprint density at radius 2 is 0.923 bits per heavy atom. The van der Waals surface area contributed by atoms with Crippen LogP contribution in [0.1, 0.15) is 192 Å². The molecule has 0 spiro atoms. The van der Waals surface area contributed by atoms with E-state index in [1.165, 1.54) is 125 Å². The summed E-state index contributed by atoms with van der Waals surface area (Å²) in [5, 5.41) is 24.0. The second-order valence-corrected chi connectivity index (χ2v) is 13.7. The molecule has 0 saturated heterocycles. The van der Waals surface area contributed by atoms with E-state index in [-0.39, 0.29) is 5.92 Å². The Morgan fingerprint density at radius 3 is 1.28 bits per heavy atom. The maximum Gasteiger partial charge on any atom is 0.122 e. The van der Waals surface area contributed by atoms with Crippen LogP contribution in [0.25, 0.3) is 0 Å². The Bertz CT molecular complexity index is 1020. The molecule has 0 heterocycles. The van der Waals surface area contributed by atoms with E-state index in [0.717, 1.165) is 30.4 Å². The van der Waals surface area contributed by atoms with Crippen LogP contribution < -0.4 is 0 Å². The van der Waals surface area contributed by atoms with Gasteiger partial charge in [-0.25, -0.2) is 0 Å². The molecule has 0 aliphatic heterocycles. The first-order valence-corrected chi connectivity index (χ1v) is 16.9. The van der Waals surface area contributed by atoms with E-state index in [2.05, 4.69) is 31.2 Å². The minimum atomic E-state index is 0.0629. The predicted molar refractivity (Wildman–Crippen MR) is 162 cm³/mol. The molecule has 0 amide bonds. The number of hydrogen-bond donors (Lipinski definition) is 2. The van der Waals surface area contributed by atoms with Gasteiger partial charge in [0.15, 0.2) is 0 Å². The SMILES string of the molecule is CCCCC(c1cc(C2CCCC2)cc(C2CCCC2)c1O)c1cc(C2CCCC2)cc(C2CCCC2)c1O. The van der Waals surface area contributed by atoms with E-state index < -0.39 is 0 Å². The van der Waals surface area contributed by atoms with E-state index >= 15 is 0 Å². The van der Waals surface area contributed by atoms with Crippen molar-refractivity contribution in [3.63, 3.8) is 0 Å². The molecule has 0 bridgehead atoms. The third-order valence-corrected chi connectivity index (χ3v) is 11.2. The van der Waals surface area contributed by atoms with Crippen molar-refractivity contribution in [3.05, 3.63) is 57.6 Å². The van der Waals surface area contributed by atoms with Gasteiger partial charge in [0.1, 0.15) is 11.5 Å². The van der Waals surface area contributed by atoms with Crippen molar-refractivity contribution in [3.8, 4) is 11.5 Å². The normalized spacial score (nSPS) is 21.7. The number of phenolic OH excluding ortho intramolecular Hbond substituents is 2. The summed E-state index contributed by atoms with van der Waals surface area (Å²) in [5.74, 6) is 3.41. The molecule has 4 saturated carbocycles. The average Bonchev–Trinajstić information content (AvgIpc) is 3.78.